The largest absolute Gasteiger partial charge is 0.296 e. The molecule has 2 unspecified atom stereocenters. The van der Waals surface area contributed by atoms with Crippen LogP contribution in [-0.2, 0) is 13.1 Å². The van der Waals surface area contributed by atoms with E-state index in [1.165, 1.54) is 0 Å². The summed E-state index contributed by atoms with van der Waals surface area (Å²) in [6.07, 6.45) is 0. The predicted octanol–water partition coefficient (Wildman–Crippen LogP) is 3.32. The monoisotopic (exact) mass is 407 g/mol. The number of hydroxylamine groups is 1. The second-order valence-corrected chi connectivity index (χ2v) is 7.56. The average molecular weight is 407 g/mol. The fraction of sp³-hybridized carbons (Fsp3) is 0.381. The van der Waals surface area contributed by atoms with Crippen molar-refractivity contribution in [2.75, 3.05) is 13.1 Å². The molecule has 1 aliphatic rings. The van der Waals surface area contributed by atoms with Gasteiger partial charge in [-0.05, 0) is 37.6 Å². The molecule has 156 valence electrons. The first-order valence-corrected chi connectivity index (χ1v) is 9.43. The van der Waals surface area contributed by atoms with Crippen LogP contribution < -0.4 is 5.48 Å². The number of carbonyl (C=O) groups excluding carboxylic acids is 1. The summed E-state index contributed by atoms with van der Waals surface area (Å²) in [6.45, 7) is 6.35. The number of carbonyl (C=O) groups is 1. The third-order valence-corrected chi connectivity index (χ3v) is 5.34. The highest BCUT2D eigenvalue weighted by atomic mass is 19.2. The molecule has 3 rings (SSSR count). The van der Waals surface area contributed by atoms with Gasteiger partial charge in [0.05, 0.1) is 0 Å². The van der Waals surface area contributed by atoms with Crippen LogP contribution in [-0.4, -0.2) is 46.1 Å². The Morgan fingerprint density at radius 1 is 1.00 bits per heavy atom. The van der Waals surface area contributed by atoms with Gasteiger partial charge in [0.1, 0.15) is 5.82 Å². The van der Waals surface area contributed by atoms with Crippen molar-refractivity contribution in [2.45, 2.75) is 39.0 Å². The lowest BCUT2D eigenvalue weighted by atomic mass is 10.0. The zero-order valence-corrected chi connectivity index (χ0v) is 16.3. The normalized spacial score (nSPS) is 20.6. The van der Waals surface area contributed by atoms with Gasteiger partial charge in [-0.3, -0.25) is 19.8 Å². The number of hydrogen-bond donors (Lipinski definition) is 2. The molecule has 0 aliphatic carbocycles. The Labute approximate surface area is 167 Å². The van der Waals surface area contributed by atoms with Gasteiger partial charge in [-0.2, -0.15) is 0 Å². The van der Waals surface area contributed by atoms with Crippen molar-refractivity contribution < 1.29 is 23.2 Å². The van der Waals surface area contributed by atoms with Crippen molar-refractivity contribution in [1.29, 1.82) is 0 Å². The lowest BCUT2D eigenvalue weighted by Gasteiger charge is -2.44. The van der Waals surface area contributed by atoms with Crippen LogP contribution >= 0.6 is 0 Å². The Morgan fingerprint density at radius 2 is 1.59 bits per heavy atom. The van der Waals surface area contributed by atoms with E-state index in [1.807, 2.05) is 17.0 Å². The molecule has 1 heterocycles. The zero-order chi connectivity index (χ0) is 21.1. The number of halogens is 3. The van der Waals surface area contributed by atoms with E-state index in [-0.39, 0.29) is 24.2 Å². The Kier molecular flexibility index (Phi) is 6.56. The molecule has 2 aromatic rings. The van der Waals surface area contributed by atoms with Gasteiger partial charge in [-0.1, -0.05) is 12.1 Å². The minimum absolute atomic E-state index is 0.148. The van der Waals surface area contributed by atoms with Crippen LogP contribution in [0.4, 0.5) is 13.2 Å². The van der Waals surface area contributed by atoms with Crippen LogP contribution in [0.1, 0.15) is 35.3 Å². The fourth-order valence-corrected chi connectivity index (χ4v) is 3.87. The number of piperazine rings is 1. The first-order valence-electron chi connectivity index (χ1n) is 9.43. The van der Waals surface area contributed by atoms with Crippen LogP contribution in [0.5, 0.6) is 0 Å². The van der Waals surface area contributed by atoms with Crippen molar-refractivity contribution >= 4 is 5.91 Å². The molecule has 1 saturated heterocycles. The molecule has 2 aromatic carbocycles. The maximum Gasteiger partial charge on any atom is 0.274 e. The summed E-state index contributed by atoms with van der Waals surface area (Å²) < 4.78 is 40.6. The Hall–Kier alpha value is -2.42. The molecule has 0 bridgehead atoms. The Morgan fingerprint density at radius 3 is 2.17 bits per heavy atom. The Bertz CT molecular complexity index is 864. The predicted molar refractivity (Wildman–Crippen MR) is 102 cm³/mol. The first kappa shape index (κ1) is 21.3. The van der Waals surface area contributed by atoms with E-state index in [1.54, 1.807) is 17.6 Å². The zero-order valence-electron chi connectivity index (χ0n) is 16.3. The lowest BCUT2D eigenvalue weighted by molar-refractivity contribution is 0.0285. The van der Waals surface area contributed by atoms with Crippen LogP contribution in [0.25, 0.3) is 0 Å². The minimum Gasteiger partial charge on any atom is -0.296 e. The molecule has 0 spiro atoms. The van der Waals surface area contributed by atoms with Crippen LogP contribution in [0.15, 0.2) is 36.4 Å². The topological polar surface area (TPSA) is 55.8 Å². The van der Waals surface area contributed by atoms with Crippen molar-refractivity contribution in [3.05, 3.63) is 70.5 Å². The number of amides is 1. The standard InChI is InChI=1S/C21H24F3N3O2/c1-13-9-26(12-17-7-19(23)20(24)8-18(17)22)10-14(2)27(13)11-15-3-5-16(6-4-15)21(28)25-29/h3-8,13-14,29H,9-12H2,1-2H3,(H,25,28). The van der Waals surface area contributed by atoms with Crippen molar-refractivity contribution in [3.8, 4) is 0 Å². The number of nitrogens with zero attached hydrogens (tertiary/aromatic N) is 2. The maximum absolute atomic E-state index is 14.0. The summed E-state index contributed by atoms with van der Waals surface area (Å²) in [5.74, 6) is -3.52. The van der Waals surface area contributed by atoms with Gasteiger partial charge >= 0.3 is 0 Å². The third kappa shape index (κ3) is 4.95. The van der Waals surface area contributed by atoms with E-state index >= 15 is 0 Å². The lowest BCUT2D eigenvalue weighted by Crippen LogP contribution is -2.55. The molecule has 0 saturated carbocycles. The summed E-state index contributed by atoms with van der Waals surface area (Å²) in [5, 5.41) is 8.69. The maximum atomic E-state index is 14.0. The van der Waals surface area contributed by atoms with E-state index in [0.717, 1.165) is 11.6 Å². The van der Waals surface area contributed by atoms with Gasteiger partial charge in [-0.25, -0.2) is 18.7 Å². The highest BCUT2D eigenvalue weighted by Gasteiger charge is 2.30. The van der Waals surface area contributed by atoms with Crippen molar-refractivity contribution in [2.24, 2.45) is 0 Å². The van der Waals surface area contributed by atoms with E-state index in [9.17, 15) is 18.0 Å². The van der Waals surface area contributed by atoms with Gasteiger partial charge in [0, 0.05) is 55.5 Å². The summed E-state index contributed by atoms with van der Waals surface area (Å²) in [7, 11) is 0. The van der Waals surface area contributed by atoms with Crippen LogP contribution in [0.2, 0.25) is 0 Å². The minimum atomic E-state index is -1.18. The van der Waals surface area contributed by atoms with Gasteiger partial charge in [0.25, 0.3) is 5.91 Å². The second-order valence-electron chi connectivity index (χ2n) is 7.56. The highest BCUT2D eigenvalue weighted by Crippen LogP contribution is 2.22. The van der Waals surface area contributed by atoms with Gasteiger partial charge < -0.3 is 0 Å². The summed E-state index contributed by atoms with van der Waals surface area (Å²) in [4.78, 5) is 15.8. The second kappa shape index (κ2) is 8.94. The first-order chi connectivity index (χ1) is 13.8. The third-order valence-electron chi connectivity index (χ3n) is 5.34. The average Bonchev–Trinajstić information content (AvgIpc) is 2.69. The van der Waals surface area contributed by atoms with Gasteiger partial charge in [-0.15, -0.1) is 0 Å². The summed E-state index contributed by atoms with van der Waals surface area (Å²) in [6, 6.07) is 8.82. The summed E-state index contributed by atoms with van der Waals surface area (Å²) in [5.41, 5.74) is 3.15. The van der Waals surface area contributed by atoms with Crippen molar-refractivity contribution in [3.63, 3.8) is 0 Å². The molecule has 1 amide bonds. The molecule has 1 fully saturated rings. The molecule has 29 heavy (non-hydrogen) atoms. The van der Waals surface area contributed by atoms with E-state index in [0.29, 0.717) is 31.3 Å². The van der Waals surface area contributed by atoms with Crippen LogP contribution in [0.3, 0.4) is 0 Å². The van der Waals surface area contributed by atoms with Crippen molar-refractivity contribution in [1.82, 2.24) is 15.3 Å². The fourth-order valence-electron chi connectivity index (χ4n) is 3.87. The molecule has 0 radical (unpaired) electrons. The summed E-state index contributed by atoms with van der Waals surface area (Å²) >= 11 is 0. The highest BCUT2D eigenvalue weighted by molar-refractivity contribution is 5.93. The van der Waals surface area contributed by atoms with E-state index in [2.05, 4.69) is 18.7 Å². The Balaban J connectivity index is 1.64. The quantitative estimate of drug-likeness (QED) is 0.454. The van der Waals surface area contributed by atoms with Gasteiger partial charge in [0.15, 0.2) is 11.6 Å². The number of hydrogen-bond acceptors (Lipinski definition) is 4. The van der Waals surface area contributed by atoms with E-state index in [4.69, 9.17) is 5.21 Å². The molecule has 5 nitrogen and oxygen atoms in total. The number of rotatable bonds is 5. The van der Waals surface area contributed by atoms with Crippen LogP contribution in [0, 0.1) is 17.5 Å². The van der Waals surface area contributed by atoms with E-state index < -0.39 is 23.4 Å². The number of benzene rings is 2. The molecule has 2 N–H and O–H groups in total. The molecule has 2 atom stereocenters. The molecular weight excluding hydrogens is 383 g/mol. The SMILES string of the molecule is CC1CN(Cc2cc(F)c(F)cc2F)CC(C)N1Cc1ccc(C(=O)NO)cc1. The molecular formula is C21H24F3N3O2. The molecule has 0 aromatic heterocycles. The number of nitrogens with one attached hydrogen (secondary N) is 1. The van der Waals surface area contributed by atoms with Gasteiger partial charge in [0.2, 0.25) is 0 Å². The smallest absolute Gasteiger partial charge is 0.274 e. The molecule has 8 heteroatoms. The molecule has 1 aliphatic heterocycles.